The second-order valence-corrected chi connectivity index (χ2v) is 3.63. The van der Waals surface area contributed by atoms with Gasteiger partial charge in [-0.2, -0.15) is 0 Å². The van der Waals surface area contributed by atoms with Crippen LogP contribution >= 0.6 is 0 Å². The fourth-order valence-corrected chi connectivity index (χ4v) is 1.36. The minimum absolute atomic E-state index is 0.304. The molecule has 1 N–H and O–H groups in total. The van der Waals surface area contributed by atoms with E-state index in [-0.39, 0.29) is 12.5 Å². The molecule has 98 valence electrons. The number of carbonyl (C=O) groups excluding carboxylic acids is 2. The lowest BCUT2D eigenvalue weighted by Gasteiger charge is -1.99. The van der Waals surface area contributed by atoms with Crippen molar-refractivity contribution in [2.75, 3.05) is 13.7 Å². The highest BCUT2D eigenvalue weighted by molar-refractivity contribution is 5.89. The van der Waals surface area contributed by atoms with Crippen molar-refractivity contribution in [2.24, 2.45) is 0 Å². The number of nitrogens with zero attached hydrogens (tertiary/aromatic N) is 1. The quantitative estimate of drug-likeness (QED) is 0.658. The zero-order chi connectivity index (χ0) is 13.7. The van der Waals surface area contributed by atoms with E-state index in [1.165, 1.54) is 13.1 Å². The Morgan fingerprint density at radius 1 is 1.42 bits per heavy atom. The van der Waals surface area contributed by atoms with Gasteiger partial charge in [0.25, 0.3) is 5.91 Å². The molecule has 0 aliphatic heterocycles. The van der Waals surface area contributed by atoms with Crippen LogP contribution in [-0.2, 0) is 14.3 Å². The van der Waals surface area contributed by atoms with Crippen LogP contribution in [0.4, 0.5) is 0 Å². The first-order valence-corrected chi connectivity index (χ1v) is 5.60. The molecule has 0 atom stereocenters. The number of oxazole rings is 1. The predicted molar refractivity (Wildman–Crippen MR) is 68.1 cm³/mol. The van der Waals surface area contributed by atoms with Crippen LogP contribution in [0.5, 0.6) is 0 Å². The van der Waals surface area contributed by atoms with Gasteiger partial charge in [-0.3, -0.25) is 4.79 Å². The van der Waals surface area contributed by atoms with Gasteiger partial charge in [0, 0.05) is 19.2 Å². The normalized spacial score (nSPS) is 10.8. The zero-order valence-corrected chi connectivity index (χ0v) is 10.3. The molecule has 0 saturated heterocycles. The second-order valence-electron chi connectivity index (χ2n) is 3.63. The van der Waals surface area contributed by atoms with Crippen molar-refractivity contribution in [2.45, 2.75) is 0 Å². The molecule has 1 aromatic heterocycles. The van der Waals surface area contributed by atoms with Crippen LogP contribution in [0.3, 0.4) is 0 Å². The van der Waals surface area contributed by atoms with Crippen LogP contribution in [0.2, 0.25) is 0 Å². The standard InChI is InChI=1S/C13H12N2O4/c1-14-11(16)8-18-13(17)7-6-12-15-9-4-2-3-5-10(9)19-12/h2-7H,8H2,1H3,(H,14,16)/b7-6+. The number of benzene rings is 1. The maximum Gasteiger partial charge on any atom is 0.331 e. The number of esters is 1. The highest BCUT2D eigenvalue weighted by Crippen LogP contribution is 2.15. The number of aromatic nitrogens is 1. The van der Waals surface area contributed by atoms with Gasteiger partial charge in [-0.25, -0.2) is 9.78 Å². The molecule has 1 heterocycles. The average Bonchev–Trinajstić information content (AvgIpc) is 2.85. The maximum atomic E-state index is 11.3. The number of hydrogen-bond donors (Lipinski definition) is 1. The lowest BCUT2D eigenvalue weighted by Crippen LogP contribution is -2.24. The van der Waals surface area contributed by atoms with Crippen LogP contribution in [-0.4, -0.2) is 30.5 Å². The van der Waals surface area contributed by atoms with Gasteiger partial charge in [0.1, 0.15) is 5.52 Å². The van der Waals surface area contributed by atoms with Crippen molar-refractivity contribution in [1.82, 2.24) is 10.3 Å². The summed E-state index contributed by atoms with van der Waals surface area (Å²) >= 11 is 0. The Balaban J connectivity index is 1.98. The SMILES string of the molecule is CNC(=O)COC(=O)/C=C/c1nc2ccccc2o1. The molecule has 6 heteroatoms. The van der Waals surface area contributed by atoms with Crippen LogP contribution in [0.1, 0.15) is 5.89 Å². The highest BCUT2D eigenvalue weighted by atomic mass is 16.5. The van der Waals surface area contributed by atoms with E-state index in [2.05, 4.69) is 15.0 Å². The summed E-state index contributed by atoms with van der Waals surface area (Å²) in [5, 5.41) is 2.34. The fourth-order valence-electron chi connectivity index (χ4n) is 1.36. The summed E-state index contributed by atoms with van der Waals surface area (Å²) in [7, 11) is 1.46. The number of para-hydroxylation sites is 2. The summed E-state index contributed by atoms with van der Waals surface area (Å²) in [6.45, 7) is -0.312. The van der Waals surface area contributed by atoms with Crippen molar-refractivity contribution in [3.8, 4) is 0 Å². The molecule has 0 spiro atoms. The van der Waals surface area contributed by atoms with Crippen LogP contribution in [0.25, 0.3) is 17.2 Å². The van der Waals surface area contributed by atoms with Crippen molar-refractivity contribution >= 4 is 29.1 Å². The molecular weight excluding hydrogens is 248 g/mol. The Morgan fingerprint density at radius 2 is 2.21 bits per heavy atom. The van der Waals surface area contributed by atoms with Crippen molar-refractivity contribution in [3.05, 3.63) is 36.2 Å². The van der Waals surface area contributed by atoms with Crippen LogP contribution in [0, 0.1) is 0 Å². The number of likely N-dealkylation sites (N-methyl/N-ethyl adjacent to an activating group) is 1. The third-order valence-corrected chi connectivity index (χ3v) is 2.30. The summed E-state index contributed by atoms with van der Waals surface area (Å²) in [6.07, 6.45) is 2.56. The average molecular weight is 260 g/mol. The van der Waals surface area contributed by atoms with E-state index in [9.17, 15) is 9.59 Å². The molecular formula is C13H12N2O4. The summed E-state index contributed by atoms with van der Waals surface area (Å²) in [5.74, 6) is -0.701. The van der Waals surface area contributed by atoms with Crippen LogP contribution < -0.4 is 5.32 Å². The van der Waals surface area contributed by atoms with Gasteiger partial charge < -0.3 is 14.5 Å². The Hall–Kier alpha value is -2.63. The highest BCUT2D eigenvalue weighted by Gasteiger charge is 2.04. The number of nitrogens with one attached hydrogen (secondary N) is 1. The van der Waals surface area contributed by atoms with E-state index >= 15 is 0 Å². The minimum Gasteiger partial charge on any atom is -0.452 e. The molecule has 0 bridgehead atoms. The number of fused-ring (bicyclic) bond motifs is 1. The molecule has 0 aliphatic rings. The summed E-state index contributed by atoms with van der Waals surface area (Å²) in [4.78, 5) is 26.3. The first-order chi connectivity index (χ1) is 9.19. The minimum atomic E-state index is -0.633. The second kappa shape index (κ2) is 5.81. The van der Waals surface area contributed by atoms with Crippen molar-refractivity contribution in [3.63, 3.8) is 0 Å². The lowest BCUT2D eigenvalue weighted by molar-refractivity contribution is -0.143. The van der Waals surface area contributed by atoms with Gasteiger partial charge in [0.05, 0.1) is 0 Å². The molecule has 2 aromatic rings. The fraction of sp³-hybridized carbons (Fsp3) is 0.154. The van der Waals surface area contributed by atoms with Gasteiger partial charge in [0.15, 0.2) is 12.2 Å². The van der Waals surface area contributed by atoms with Gasteiger partial charge in [-0.1, -0.05) is 12.1 Å². The number of amides is 1. The molecule has 0 aliphatic carbocycles. The Morgan fingerprint density at radius 3 is 2.95 bits per heavy atom. The summed E-state index contributed by atoms with van der Waals surface area (Å²) in [6, 6.07) is 7.26. The largest absolute Gasteiger partial charge is 0.452 e. The summed E-state index contributed by atoms with van der Waals surface area (Å²) in [5.41, 5.74) is 1.35. The number of hydrogen-bond acceptors (Lipinski definition) is 5. The van der Waals surface area contributed by atoms with E-state index in [0.717, 1.165) is 6.08 Å². The third-order valence-electron chi connectivity index (χ3n) is 2.30. The molecule has 0 fully saturated rings. The van der Waals surface area contributed by atoms with Gasteiger partial charge in [-0.05, 0) is 12.1 Å². The van der Waals surface area contributed by atoms with E-state index in [4.69, 9.17) is 4.42 Å². The molecule has 6 nitrogen and oxygen atoms in total. The Bertz CT molecular complexity index is 597. The van der Waals surface area contributed by atoms with E-state index in [1.54, 1.807) is 12.1 Å². The van der Waals surface area contributed by atoms with E-state index < -0.39 is 5.97 Å². The zero-order valence-electron chi connectivity index (χ0n) is 10.3. The topological polar surface area (TPSA) is 81.4 Å². The van der Waals surface area contributed by atoms with Gasteiger partial charge >= 0.3 is 5.97 Å². The number of carbonyl (C=O) groups is 2. The molecule has 1 aromatic carbocycles. The Labute approximate surface area is 109 Å². The van der Waals surface area contributed by atoms with Gasteiger partial charge in [-0.15, -0.1) is 0 Å². The van der Waals surface area contributed by atoms with E-state index in [0.29, 0.717) is 17.0 Å². The summed E-state index contributed by atoms with van der Waals surface area (Å²) < 4.78 is 10.1. The smallest absolute Gasteiger partial charge is 0.331 e. The van der Waals surface area contributed by atoms with Gasteiger partial charge in [0.2, 0.25) is 5.89 Å². The third kappa shape index (κ3) is 3.41. The van der Waals surface area contributed by atoms with Crippen LogP contribution in [0.15, 0.2) is 34.8 Å². The number of ether oxygens (including phenoxy) is 1. The predicted octanol–water partition coefficient (Wildman–Crippen LogP) is 1.13. The number of rotatable bonds is 4. The molecule has 2 rings (SSSR count). The molecule has 1 amide bonds. The lowest BCUT2D eigenvalue weighted by atomic mass is 10.3. The van der Waals surface area contributed by atoms with Crippen molar-refractivity contribution in [1.29, 1.82) is 0 Å². The monoisotopic (exact) mass is 260 g/mol. The molecule has 0 radical (unpaired) electrons. The first kappa shape index (κ1) is 12.8. The Kier molecular flexibility index (Phi) is 3.92. The van der Waals surface area contributed by atoms with Crippen molar-refractivity contribution < 1.29 is 18.7 Å². The molecule has 0 saturated carbocycles. The van der Waals surface area contributed by atoms with E-state index in [1.807, 2.05) is 12.1 Å². The first-order valence-electron chi connectivity index (χ1n) is 5.60. The molecule has 19 heavy (non-hydrogen) atoms. The molecule has 0 unspecified atom stereocenters. The maximum absolute atomic E-state index is 11.3.